The summed E-state index contributed by atoms with van der Waals surface area (Å²) < 4.78 is 0. The van der Waals surface area contributed by atoms with Crippen LogP contribution in [0, 0.1) is 0 Å². The standard InChI is InChI=1S/C44H34N2/c1-3-29-17-8-9-21-32(29)40-30(4-2)20-16-27-38(40)41-33-22-10-12-24-35(33)42(36-25-13-11-23-34(36)41)44-45-39-28-15-14-26-37(39)43(46-44)31-18-6-5-7-19-31/h5-28H,3-4H2,1-2H3. The highest BCUT2D eigenvalue weighted by molar-refractivity contribution is 6.22. The van der Waals surface area contributed by atoms with Crippen molar-refractivity contribution in [2.75, 3.05) is 0 Å². The van der Waals surface area contributed by atoms with Crippen molar-refractivity contribution < 1.29 is 0 Å². The molecule has 46 heavy (non-hydrogen) atoms. The lowest BCUT2D eigenvalue weighted by atomic mass is 9.82. The van der Waals surface area contributed by atoms with Crippen molar-refractivity contribution in [3.8, 4) is 44.9 Å². The average Bonchev–Trinajstić information content (AvgIpc) is 3.13. The first-order valence-corrected chi connectivity index (χ1v) is 16.2. The van der Waals surface area contributed by atoms with Gasteiger partial charge in [0, 0.05) is 16.5 Å². The molecule has 0 saturated heterocycles. The number of fused-ring (bicyclic) bond motifs is 3. The van der Waals surface area contributed by atoms with Gasteiger partial charge in [-0.2, -0.15) is 0 Å². The third kappa shape index (κ3) is 4.57. The second-order valence-corrected chi connectivity index (χ2v) is 11.8. The number of hydrogen-bond donors (Lipinski definition) is 0. The lowest BCUT2D eigenvalue weighted by Gasteiger charge is -2.22. The maximum Gasteiger partial charge on any atom is 0.161 e. The highest BCUT2D eigenvalue weighted by Crippen LogP contribution is 2.47. The lowest BCUT2D eigenvalue weighted by Crippen LogP contribution is -1.99. The second kappa shape index (κ2) is 11.7. The molecule has 8 rings (SSSR count). The van der Waals surface area contributed by atoms with Crippen molar-refractivity contribution in [1.29, 1.82) is 0 Å². The van der Waals surface area contributed by atoms with E-state index in [1.165, 1.54) is 44.2 Å². The summed E-state index contributed by atoms with van der Waals surface area (Å²) in [5.74, 6) is 0.746. The van der Waals surface area contributed by atoms with E-state index in [-0.39, 0.29) is 0 Å². The molecular weight excluding hydrogens is 556 g/mol. The summed E-state index contributed by atoms with van der Waals surface area (Å²) in [6, 6.07) is 52.1. The number of para-hydroxylation sites is 1. The Hall–Kier alpha value is -5.60. The quantitative estimate of drug-likeness (QED) is 0.180. The molecule has 7 aromatic carbocycles. The van der Waals surface area contributed by atoms with Gasteiger partial charge in [0.15, 0.2) is 5.82 Å². The molecule has 2 nitrogen and oxygen atoms in total. The van der Waals surface area contributed by atoms with Gasteiger partial charge in [-0.1, -0.05) is 153 Å². The maximum absolute atomic E-state index is 5.35. The Kier molecular flexibility index (Phi) is 7.11. The van der Waals surface area contributed by atoms with E-state index >= 15 is 0 Å². The summed E-state index contributed by atoms with van der Waals surface area (Å²) in [5.41, 5.74) is 12.0. The van der Waals surface area contributed by atoms with Crippen LogP contribution in [0.15, 0.2) is 146 Å². The van der Waals surface area contributed by atoms with Crippen molar-refractivity contribution in [2.24, 2.45) is 0 Å². The van der Waals surface area contributed by atoms with Crippen LogP contribution in [0.5, 0.6) is 0 Å². The monoisotopic (exact) mass is 590 g/mol. The van der Waals surface area contributed by atoms with Gasteiger partial charge in [-0.3, -0.25) is 0 Å². The number of nitrogens with zero attached hydrogens (tertiary/aromatic N) is 2. The molecule has 0 aliphatic rings. The summed E-state index contributed by atoms with van der Waals surface area (Å²) in [4.78, 5) is 10.6. The fourth-order valence-corrected chi connectivity index (χ4v) is 7.16. The Bertz CT molecular complexity index is 2330. The van der Waals surface area contributed by atoms with Gasteiger partial charge < -0.3 is 0 Å². The highest BCUT2D eigenvalue weighted by Gasteiger charge is 2.22. The van der Waals surface area contributed by atoms with Crippen LogP contribution in [-0.2, 0) is 12.8 Å². The van der Waals surface area contributed by atoms with E-state index in [0.717, 1.165) is 57.2 Å². The molecule has 0 N–H and O–H groups in total. The van der Waals surface area contributed by atoms with Crippen LogP contribution in [0.3, 0.4) is 0 Å². The van der Waals surface area contributed by atoms with Crippen LogP contribution in [0.2, 0.25) is 0 Å². The second-order valence-electron chi connectivity index (χ2n) is 11.8. The molecule has 0 amide bonds. The molecule has 0 unspecified atom stereocenters. The van der Waals surface area contributed by atoms with Gasteiger partial charge >= 0.3 is 0 Å². The normalized spacial score (nSPS) is 11.4. The molecule has 220 valence electrons. The number of aryl methyl sites for hydroxylation is 2. The van der Waals surface area contributed by atoms with Crippen molar-refractivity contribution in [2.45, 2.75) is 26.7 Å². The molecule has 0 fully saturated rings. The molecule has 0 atom stereocenters. The predicted octanol–water partition coefficient (Wildman–Crippen LogP) is 11.7. The Morgan fingerprint density at radius 3 is 1.59 bits per heavy atom. The summed E-state index contributed by atoms with van der Waals surface area (Å²) in [5, 5.41) is 5.78. The van der Waals surface area contributed by atoms with Gasteiger partial charge in [0.2, 0.25) is 0 Å². The van der Waals surface area contributed by atoms with Gasteiger partial charge in [-0.25, -0.2) is 9.97 Å². The molecule has 8 aromatic rings. The summed E-state index contributed by atoms with van der Waals surface area (Å²) in [6.45, 7) is 4.51. The molecule has 0 bridgehead atoms. The number of hydrogen-bond acceptors (Lipinski definition) is 2. The topological polar surface area (TPSA) is 25.8 Å². The third-order valence-corrected chi connectivity index (χ3v) is 9.27. The molecule has 0 aliphatic heterocycles. The van der Waals surface area contributed by atoms with Gasteiger partial charge in [-0.15, -0.1) is 0 Å². The number of rotatable bonds is 6. The molecule has 0 radical (unpaired) electrons. The minimum absolute atomic E-state index is 0.746. The molecule has 0 aliphatic carbocycles. The molecular formula is C44H34N2. The molecule has 1 aromatic heterocycles. The predicted molar refractivity (Wildman–Crippen MR) is 195 cm³/mol. The Morgan fingerprint density at radius 1 is 0.391 bits per heavy atom. The highest BCUT2D eigenvalue weighted by atomic mass is 14.9. The average molecular weight is 591 g/mol. The fraction of sp³-hybridized carbons (Fsp3) is 0.0909. The molecule has 0 spiro atoms. The first-order chi connectivity index (χ1) is 22.8. The van der Waals surface area contributed by atoms with Gasteiger partial charge in [-0.05, 0) is 73.8 Å². The van der Waals surface area contributed by atoms with Crippen molar-refractivity contribution in [1.82, 2.24) is 9.97 Å². The largest absolute Gasteiger partial charge is 0.228 e. The first kappa shape index (κ1) is 27.9. The summed E-state index contributed by atoms with van der Waals surface area (Å²) in [6.07, 6.45) is 1.94. The number of aromatic nitrogens is 2. The van der Waals surface area contributed by atoms with Gasteiger partial charge in [0.25, 0.3) is 0 Å². The minimum atomic E-state index is 0.746. The van der Waals surface area contributed by atoms with E-state index in [4.69, 9.17) is 9.97 Å². The maximum atomic E-state index is 5.35. The summed E-state index contributed by atoms with van der Waals surface area (Å²) in [7, 11) is 0. The fourth-order valence-electron chi connectivity index (χ4n) is 7.16. The smallest absolute Gasteiger partial charge is 0.161 e. The van der Waals surface area contributed by atoms with Crippen LogP contribution in [-0.4, -0.2) is 9.97 Å². The minimum Gasteiger partial charge on any atom is -0.228 e. The van der Waals surface area contributed by atoms with E-state index in [0.29, 0.717) is 0 Å². The van der Waals surface area contributed by atoms with Crippen LogP contribution in [0.4, 0.5) is 0 Å². The molecule has 1 heterocycles. The van der Waals surface area contributed by atoms with E-state index in [2.05, 4.69) is 153 Å². The summed E-state index contributed by atoms with van der Waals surface area (Å²) >= 11 is 0. The van der Waals surface area contributed by atoms with E-state index in [1.807, 2.05) is 6.07 Å². The lowest BCUT2D eigenvalue weighted by molar-refractivity contribution is 1.12. The zero-order valence-corrected chi connectivity index (χ0v) is 26.2. The van der Waals surface area contributed by atoms with Crippen molar-refractivity contribution in [3.63, 3.8) is 0 Å². The molecule has 2 heteroatoms. The van der Waals surface area contributed by atoms with Gasteiger partial charge in [0.05, 0.1) is 11.2 Å². The van der Waals surface area contributed by atoms with Crippen LogP contribution in [0.25, 0.3) is 77.3 Å². The zero-order valence-electron chi connectivity index (χ0n) is 26.2. The van der Waals surface area contributed by atoms with E-state index in [9.17, 15) is 0 Å². The van der Waals surface area contributed by atoms with E-state index < -0.39 is 0 Å². The Balaban J connectivity index is 1.50. The Labute approximate surface area is 270 Å². The van der Waals surface area contributed by atoms with E-state index in [1.54, 1.807) is 0 Å². The zero-order chi connectivity index (χ0) is 31.0. The third-order valence-electron chi connectivity index (χ3n) is 9.27. The van der Waals surface area contributed by atoms with Crippen molar-refractivity contribution in [3.05, 3.63) is 157 Å². The van der Waals surface area contributed by atoms with Crippen LogP contribution in [0.1, 0.15) is 25.0 Å². The van der Waals surface area contributed by atoms with Crippen LogP contribution < -0.4 is 0 Å². The Morgan fingerprint density at radius 2 is 0.913 bits per heavy atom. The SMILES string of the molecule is CCc1ccccc1-c1c(CC)cccc1-c1c2ccccc2c(-c2nc(-c3ccccc3)c3ccccc3n2)c2ccccc12. The molecule has 0 saturated carbocycles. The van der Waals surface area contributed by atoms with Crippen LogP contribution >= 0.6 is 0 Å². The van der Waals surface area contributed by atoms with Gasteiger partial charge in [0.1, 0.15) is 0 Å². The first-order valence-electron chi connectivity index (χ1n) is 16.2. The van der Waals surface area contributed by atoms with Crippen molar-refractivity contribution >= 4 is 32.4 Å². The number of benzene rings is 7.